The van der Waals surface area contributed by atoms with Crippen LogP contribution in [0, 0.1) is 11.6 Å². The Bertz CT molecular complexity index is 2340. The van der Waals surface area contributed by atoms with Crippen LogP contribution in [-0.2, 0) is 13.1 Å². The first-order valence-electron chi connectivity index (χ1n) is 15.5. The normalized spacial score (nSPS) is 11.5. The number of anilines is 1. The average Bonchev–Trinajstić information content (AvgIpc) is 3.88. The van der Waals surface area contributed by atoms with Gasteiger partial charge in [-0.25, -0.2) is 28.1 Å². The van der Waals surface area contributed by atoms with Crippen LogP contribution in [0.4, 0.5) is 14.7 Å². The van der Waals surface area contributed by atoms with Crippen molar-refractivity contribution in [1.29, 1.82) is 0 Å². The molecule has 0 unspecified atom stereocenters. The lowest BCUT2D eigenvalue weighted by Gasteiger charge is -2.04. The number of halogens is 2. The summed E-state index contributed by atoms with van der Waals surface area (Å²) in [5.74, 6) is 0.753. The summed E-state index contributed by atoms with van der Waals surface area (Å²) in [6.45, 7) is 0.534. The fourth-order valence-corrected chi connectivity index (χ4v) is 5.96. The largest absolute Gasteiger partial charge is 0.380 e. The van der Waals surface area contributed by atoms with Crippen molar-refractivity contribution in [3.8, 4) is 11.5 Å². The smallest absolute Gasteiger partial charge is 0.244 e. The van der Waals surface area contributed by atoms with E-state index in [4.69, 9.17) is 5.73 Å². The number of nitrogens with zero attached hydrogens (tertiary/aromatic N) is 11. The number of hydrogen-bond acceptors (Lipinski definition) is 11. The lowest BCUT2D eigenvalue weighted by Crippen LogP contribution is -2.15. The Labute approximate surface area is 300 Å². The number of rotatable bonds is 8. The van der Waals surface area contributed by atoms with Crippen molar-refractivity contribution in [3.05, 3.63) is 114 Å². The Morgan fingerprint density at radius 2 is 1.35 bits per heavy atom. The quantitative estimate of drug-likeness (QED) is 0.112. The van der Waals surface area contributed by atoms with Gasteiger partial charge in [-0.15, -0.1) is 38.8 Å². The number of amidine groups is 1. The Kier molecular flexibility index (Phi) is 11.0. The van der Waals surface area contributed by atoms with E-state index in [1.807, 2.05) is 44.8 Å². The maximum Gasteiger partial charge on any atom is 0.244 e. The molecule has 0 atom stereocenters. The maximum absolute atomic E-state index is 14.0. The molecule has 7 rings (SSSR count). The minimum atomic E-state index is -0.288. The highest BCUT2D eigenvalue weighted by Crippen LogP contribution is 2.26. The molecule has 0 bridgehead atoms. The van der Waals surface area contributed by atoms with Crippen molar-refractivity contribution < 1.29 is 8.78 Å². The number of nitrogens with one attached hydrogen (secondary N) is 1. The summed E-state index contributed by atoms with van der Waals surface area (Å²) in [4.78, 5) is 15.0. The van der Waals surface area contributed by atoms with Gasteiger partial charge in [0.25, 0.3) is 0 Å². The molecule has 0 spiro atoms. The molecule has 0 fully saturated rings. The van der Waals surface area contributed by atoms with Crippen LogP contribution in [0.15, 0.2) is 95.4 Å². The Morgan fingerprint density at radius 3 is 1.92 bits per heavy atom. The molecule has 0 saturated heterocycles. The molecular formula is C34H33F2N13S2. The zero-order chi connectivity index (χ0) is 35.9. The third-order valence-corrected chi connectivity index (χ3v) is 9.36. The second-order valence-electron chi connectivity index (χ2n) is 11.1. The van der Waals surface area contributed by atoms with Gasteiger partial charge in [0.05, 0.1) is 23.9 Å². The summed E-state index contributed by atoms with van der Waals surface area (Å²) in [7, 11) is 3.73. The second-order valence-corrected chi connectivity index (χ2v) is 12.9. The van der Waals surface area contributed by atoms with Gasteiger partial charge in [0.1, 0.15) is 23.0 Å². The number of nitrogens with two attached hydrogens (primary N) is 1. The Morgan fingerprint density at radius 1 is 0.784 bits per heavy atom. The van der Waals surface area contributed by atoms with Crippen LogP contribution in [-0.4, -0.2) is 81.5 Å². The van der Waals surface area contributed by atoms with Gasteiger partial charge in [0.2, 0.25) is 5.95 Å². The number of fused-ring (bicyclic) bond motifs is 2. The fourth-order valence-electron chi connectivity index (χ4n) is 5.05. The monoisotopic (exact) mass is 725 g/mol. The fraction of sp³-hybridized carbons (Fsp3) is 0.176. The van der Waals surface area contributed by atoms with Gasteiger partial charge in [-0.2, -0.15) is 15.2 Å². The zero-order valence-corrected chi connectivity index (χ0v) is 29.7. The molecular weight excluding hydrogens is 693 g/mol. The molecule has 2 aromatic carbocycles. The predicted octanol–water partition coefficient (Wildman–Crippen LogP) is 5.79. The van der Waals surface area contributed by atoms with Crippen LogP contribution in [0.25, 0.3) is 33.6 Å². The standard InChI is InChI=1S/C17H16FN7.C17H17FN6S2/c1-24(2)17-20-15(21-22-17)14-12-7-5-9-19-16(12)25(23-14)10-11-6-3-4-8-13(11)18;1-25-17(26-2)22-21-15(19)14-12-7-5-9-20-16(12)24(23-14)10-11-6-3-4-8-13(11)18/h3-9H,10H2,1-2H3,(H,20,21,22);3-9H,10H2,1-2H3,(H2,19,21). The summed E-state index contributed by atoms with van der Waals surface area (Å²) >= 11 is 2.98. The molecule has 0 aliphatic carbocycles. The number of H-pyrrole nitrogens is 1. The molecule has 0 aliphatic rings. The summed E-state index contributed by atoms with van der Waals surface area (Å²) in [5, 5.41) is 26.0. The van der Waals surface area contributed by atoms with Gasteiger partial charge in [0, 0.05) is 37.6 Å². The predicted molar refractivity (Wildman–Crippen MR) is 201 cm³/mol. The number of hydrogen-bond donors (Lipinski definition) is 2. The van der Waals surface area contributed by atoms with Crippen LogP contribution in [0.2, 0.25) is 0 Å². The molecule has 0 aliphatic heterocycles. The van der Waals surface area contributed by atoms with Gasteiger partial charge in [0.15, 0.2) is 27.3 Å². The molecule has 51 heavy (non-hydrogen) atoms. The summed E-state index contributed by atoms with van der Waals surface area (Å²) in [6.07, 6.45) is 7.20. The molecule has 13 nitrogen and oxygen atoms in total. The van der Waals surface area contributed by atoms with Gasteiger partial charge >= 0.3 is 0 Å². The first-order chi connectivity index (χ1) is 24.8. The molecule has 0 saturated carbocycles. The van der Waals surface area contributed by atoms with Crippen LogP contribution >= 0.6 is 23.5 Å². The summed E-state index contributed by atoms with van der Waals surface area (Å²) in [5.41, 5.74) is 9.58. The Balaban J connectivity index is 0.000000176. The number of aromatic amines is 1. The first-order valence-corrected chi connectivity index (χ1v) is 17.9. The van der Waals surface area contributed by atoms with E-state index in [1.54, 1.807) is 69.1 Å². The Hall–Kier alpha value is -5.68. The van der Waals surface area contributed by atoms with Gasteiger partial charge < -0.3 is 10.6 Å². The highest BCUT2D eigenvalue weighted by Gasteiger charge is 2.19. The maximum atomic E-state index is 14.0. The van der Waals surface area contributed by atoms with Crippen molar-refractivity contribution in [3.63, 3.8) is 0 Å². The highest BCUT2D eigenvalue weighted by molar-refractivity contribution is 8.38. The van der Waals surface area contributed by atoms with Crippen molar-refractivity contribution in [2.24, 2.45) is 15.9 Å². The molecule has 5 heterocycles. The SMILES string of the molecule is CN(C)c1n[nH]c(-c2nn(Cc3ccccc3F)c3ncccc23)n1.CSC(=N/N=C(\N)c1nn(Cc2ccccc2F)c2ncccc12)SC. The van der Waals surface area contributed by atoms with Gasteiger partial charge in [-0.05, 0) is 48.9 Å². The van der Waals surface area contributed by atoms with E-state index in [-0.39, 0.29) is 30.6 Å². The molecule has 3 N–H and O–H groups in total. The van der Waals surface area contributed by atoms with Crippen LogP contribution < -0.4 is 10.6 Å². The summed E-state index contributed by atoms with van der Waals surface area (Å²) < 4.78 is 32.1. The average molecular weight is 726 g/mol. The van der Waals surface area contributed by atoms with Crippen molar-refractivity contribution in [2.75, 3.05) is 31.5 Å². The third-order valence-electron chi connectivity index (χ3n) is 7.50. The summed E-state index contributed by atoms with van der Waals surface area (Å²) in [6, 6.07) is 20.6. The van der Waals surface area contributed by atoms with E-state index in [9.17, 15) is 8.78 Å². The number of benzene rings is 2. The molecule has 17 heteroatoms. The van der Waals surface area contributed by atoms with E-state index in [0.29, 0.717) is 45.6 Å². The van der Waals surface area contributed by atoms with E-state index in [0.717, 1.165) is 15.1 Å². The molecule has 0 amide bonds. The van der Waals surface area contributed by atoms with Gasteiger partial charge in [-0.3, -0.25) is 5.10 Å². The van der Waals surface area contributed by atoms with Crippen LogP contribution in [0.5, 0.6) is 0 Å². The minimum absolute atomic E-state index is 0.191. The van der Waals surface area contributed by atoms with Crippen LogP contribution in [0.3, 0.4) is 0 Å². The lowest BCUT2D eigenvalue weighted by atomic mass is 10.2. The minimum Gasteiger partial charge on any atom is -0.380 e. The van der Waals surface area contributed by atoms with E-state index < -0.39 is 0 Å². The lowest BCUT2D eigenvalue weighted by molar-refractivity contribution is 0.589. The van der Waals surface area contributed by atoms with Gasteiger partial charge in [-0.1, -0.05) is 36.4 Å². The van der Waals surface area contributed by atoms with Crippen molar-refractivity contribution >= 4 is 61.8 Å². The third kappa shape index (κ3) is 7.89. The first kappa shape index (κ1) is 35.2. The van der Waals surface area contributed by atoms with E-state index in [2.05, 4.69) is 45.5 Å². The topological polar surface area (TPSA) is 157 Å². The van der Waals surface area contributed by atoms with Crippen molar-refractivity contribution in [2.45, 2.75) is 13.1 Å². The van der Waals surface area contributed by atoms with Crippen LogP contribution in [0.1, 0.15) is 16.8 Å². The molecule has 260 valence electrons. The number of pyridine rings is 2. The molecule has 5 aromatic heterocycles. The number of thioether (sulfide) groups is 2. The highest BCUT2D eigenvalue weighted by atomic mass is 32.2. The zero-order valence-electron chi connectivity index (χ0n) is 28.1. The van der Waals surface area contributed by atoms with Crippen molar-refractivity contribution in [1.82, 2.24) is 44.7 Å². The number of aromatic nitrogens is 9. The van der Waals surface area contributed by atoms with E-state index in [1.165, 1.54) is 35.7 Å². The van der Waals surface area contributed by atoms with E-state index >= 15 is 0 Å². The second kappa shape index (κ2) is 15.9. The molecule has 7 aromatic rings. The molecule has 0 radical (unpaired) electrons.